The van der Waals surface area contributed by atoms with Gasteiger partial charge in [-0.25, -0.2) is 9.78 Å². The average molecular weight is 451 g/mol. The van der Waals surface area contributed by atoms with Gasteiger partial charge in [0.1, 0.15) is 13.2 Å². The van der Waals surface area contributed by atoms with E-state index in [1.54, 1.807) is 18.0 Å². The number of carbonyl (C=O) groups is 2. The van der Waals surface area contributed by atoms with Gasteiger partial charge in [-0.15, -0.1) is 11.3 Å². The van der Waals surface area contributed by atoms with E-state index in [1.807, 2.05) is 5.38 Å². The average Bonchev–Trinajstić information content (AvgIpc) is 3.29. The highest BCUT2D eigenvalue weighted by atomic mass is 35.5. The Labute approximate surface area is 183 Å². The maximum absolute atomic E-state index is 13.3. The van der Waals surface area contributed by atoms with E-state index < -0.39 is 12.1 Å². The molecule has 1 aliphatic carbocycles. The number of thiazole rings is 1. The molecule has 0 bridgehead atoms. The second-order valence-corrected chi connectivity index (χ2v) is 8.62. The van der Waals surface area contributed by atoms with Crippen molar-refractivity contribution in [3.63, 3.8) is 0 Å². The van der Waals surface area contributed by atoms with Gasteiger partial charge in [0.15, 0.2) is 22.7 Å². The van der Waals surface area contributed by atoms with Crippen LogP contribution in [0.4, 0.5) is 5.13 Å². The minimum Gasteiger partial charge on any atom is -0.486 e. The molecule has 1 fully saturated rings. The van der Waals surface area contributed by atoms with Crippen LogP contribution in [0.1, 0.15) is 49.4 Å². The quantitative estimate of drug-likeness (QED) is 0.625. The summed E-state index contributed by atoms with van der Waals surface area (Å²) in [6.45, 7) is 2.36. The number of ether oxygens (including phenoxy) is 3. The zero-order valence-electron chi connectivity index (χ0n) is 16.6. The zero-order chi connectivity index (χ0) is 21.1. The Hall–Kier alpha value is -2.32. The fourth-order valence-electron chi connectivity index (χ4n) is 3.81. The van der Waals surface area contributed by atoms with Gasteiger partial charge in [-0.2, -0.15) is 0 Å². The molecule has 2 aromatic rings. The Morgan fingerprint density at radius 1 is 1.23 bits per heavy atom. The first-order chi connectivity index (χ1) is 14.5. The van der Waals surface area contributed by atoms with Crippen molar-refractivity contribution in [1.29, 1.82) is 0 Å². The predicted molar refractivity (Wildman–Crippen MR) is 114 cm³/mol. The number of hydrogen-bond acceptors (Lipinski definition) is 7. The minimum atomic E-state index is -0.963. The van der Waals surface area contributed by atoms with Crippen LogP contribution < -0.4 is 14.4 Å². The van der Waals surface area contributed by atoms with Gasteiger partial charge in [0, 0.05) is 17.6 Å². The summed E-state index contributed by atoms with van der Waals surface area (Å²) in [5, 5.41) is 2.74. The molecule has 4 rings (SSSR count). The third-order valence-electron chi connectivity index (χ3n) is 5.27. The molecule has 30 heavy (non-hydrogen) atoms. The molecule has 1 saturated carbocycles. The molecule has 1 aromatic carbocycles. The maximum Gasteiger partial charge on any atom is 0.339 e. The molecular formula is C21H23ClN2O5S. The highest BCUT2D eigenvalue weighted by molar-refractivity contribution is 7.13. The van der Waals surface area contributed by atoms with Crippen molar-refractivity contribution in [1.82, 2.24) is 4.98 Å². The van der Waals surface area contributed by atoms with Crippen molar-refractivity contribution >= 4 is 39.9 Å². The Morgan fingerprint density at radius 2 is 2.00 bits per heavy atom. The van der Waals surface area contributed by atoms with Gasteiger partial charge in [0.2, 0.25) is 0 Å². The summed E-state index contributed by atoms with van der Waals surface area (Å²) in [5.41, 5.74) is 0.211. The molecule has 1 aromatic heterocycles. The molecule has 7 nitrogen and oxygen atoms in total. The number of aromatic nitrogens is 1. The first-order valence-corrected chi connectivity index (χ1v) is 11.3. The zero-order valence-corrected chi connectivity index (χ0v) is 18.2. The summed E-state index contributed by atoms with van der Waals surface area (Å²) in [6.07, 6.45) is 5.87. The Kier molecular flexibility index (Phi) is 6.43. The number of halogens is 1. The van der Waals surface area contributed by atoms with Crippen molar-refractivity contribution in [3.8, 4) is 11.5 Å². The van der Waals surface area contributed by atoms with Gasteiger partial charge in [-0.1, -0.05) is 30.9 Å². The largest absolute Gasteiger partial charge is 0.486 e. The minimum absolute atomic E-state index is 0.0716. The summed E-state index contributed by atoms with van der Waals surface area (Å²) in [7, 11) is 0. The Balaban J connectivity index is 1.50. The summed E-state index contributed by atoms with van der Waals surface area (Å²) in [5.74, 6) is -0.103. The number of nitrogens with zero attached hydrogens (tertiary/aromatic N) is 2. The number of esters is 1. The molecule has 0 radical (unpaired) electrons. The van der Waals surface area contributed by atoms with Gasteiger partial charge in [-0.05, 0) is 31.9 Å². The number of hydrogen-bond donors (Lipinski definition) is 0. The van der Waals surface area contributed by atoms with Crippen LogP contribution in [0.15, 0.2) is 23.7 Å². The van der Waals surface area contributed by atoms with Gasteiger partial charge < -0.3 is 14.2 Å². The second kappa shape index (κ2) is 9.22. The van der Waals surface area contributed by atoms with Crippen LogP contribution in [0.2, 0.25) is 5.02 Å². The Bertz CT molecular complexity index is 914. The number of rotatable bonds is 5. The van der Waals surface area contributed by atoms with Crippen LogP contribution in [-0.4, -0.2) is 42.2 Å². The van der Waals surface area contributed by atoms with Crippen LogP contribution in [-0.2, 0) is 9.53 Å². The fraction of sp³-hybridized carbons (Fsp3) is 0.476. The van der Waals surface area contributed by atoms with Gasteiger partial charge >= 0.3 is 5.97 Å². The molecule has 0 saturated heterocycles. The molecule has 0 unspecified atom stereocenters. The lowest BCUT2D eigenvalue weighted by atomic mass is 9.94. The van der Waals surface area contributed by atoms with Crippen LogP contribution in [0.25, 0.3) is 0 Å². The van der Waals surface area contributed by atoms with Crippen molar-refractivity contribution in [2.24, 2.45) is 0 Å². The summed E-state index contributed by atoms with van der Waals surface area (Å²) >= 11 is 7.62. The van der Waals surface area contributed by atoms with Crippen LogP contribution in [0.5, 0.6) is 11.5 Å². The number of anilines is 1. The standard InChI is InChI=1S/C21H23ClN2O5S/c1-13(19(25)24(21-23-7-10-30-21)15-5-3-2-4-6-15)29-20(26)14-11-16(22)18-17(12-14)27-8-9-28-18/h7,10-13,15H,2-6,8-9H2,1H3/t13-/m0/s1. The monoisotopic (exact) mass is 450 g/mol. The SMILES string of the molecule is C[C@H](OC(=O)c1cc(Cl)c2c(c1)OCCO2)C(=O)N(c1nccs1)C1CCCCC1. The van der Waals surface area contributed by atoms with Crippen molar-refractivity contribution in [3.05, 3.63) is 34.3 Å². The number of carbonyl (C=O) groups excluding carboxylic acids is 2. The lowest BCUT2D eigenvalue weighted by molar-refractivity contribution is -0.127. The topological polar surface area (TPSA) is 78.0 Å². The van der Waals surface area contributed by atoms with Gasteiger partial charge in [-0.3, -0.25) is 9.69 Å². The third kappa shape index (κ3) is 4.39. The second-order valence-electron chi connectivity index (χ2n) is 7.34. The smallest absolute Gasteiger partial charge is 0.339 e. The van der Waals surface area contributed by atoms with Crippen LogP contribution in [0.3, 0.4) is 0 Å². The van der Waals surface area contributed by atoms with E-state index in [2.05, 4.69) is 4.98 Å². The molecule has 1 amide bonds. The lowest BCUT2D eigenvalue weighted by Crippen LogP contribution is -2.47. The normalized spacial score (nSPS) is 17.3. The van der Waals surface area contributed by atoms with E-state index >= 15 is 0 Å². The maximum atomic E-state index is 13.3. The molecule has 0 spiro atoms. The van der Waals surface area contributed by atoms with Gasteiger partial charge in [0.05, 0.1) is 10.6 Å². The molecule has 1 aliphatic heterocycles. The van der Waals surface area contributed by atoms with Crippen molar-refractivity contribution < 1.29 is 23.8 Å². The van der Waals surface area contributed by atoms with E-state index in [9.17, 15) is 9.59 Å². The fourth-order valence-corrected chi connectivity index (χ4v) is 4.79. The first kappa shape index (κ1) is 20.9. The molecular weight excluding hydrogens is 428 g/mol. The van der Waals surface area contributed by atoms with E-state index in [0.29, 0.717) is 29.8 Å². The lowest BCUT2D eigenvalue weighted by Gasteiger charge is -2.33. The molecule has 2 aliphatic rings. The molecule has 1 atom stereocenters. The first-order valence-electron chi connectivity index (χ1n) is 10.1. The molecule has 160 valence electrons. The summed E-state index contributed by atoms with van der Waals surface area (Å²) < 4.78 is 16.5. The van der Waals surface area contributed by atoms with Crippen LogP contribution in [0, 0.1) is 0 Å². The van der Waals surface area contributed by atoms with Crippen LogP contribution >= 0.6 is 22.9 Å². The third-order valence-corrected chi connectivity index (χ3v) is 6.32. The van der Waals surface area contributed by atoms with E-state index in [4.69, 9.17) is 25.8 Å². The molecule has 0 N–H and O–H groups in total. The van der Waals surface area contributed by atoms with Gasteiger partial charge in [0.25, 0.3) is 5.91 Å². The number of amides is 1. The number of benzene rings is 1. The molecule has 2 heterocycles. The van der Waals surface area contributed by atoms with E-state index in [0.717, 1.165) is 25.7 Å². The Morgan fingerprint density at radius 3 is 2.73 bits per heavy atom. The molecule has 9 heteroatoms. The predicted octanol–water partition coefficient (Wildman–Crippen LogP) is 4.48. The summed E-state index contributed by atoms with van der Waals surface area (Å²) in [6, 6.07) is 3.07. The highest BCUT2D eigenvalue weighted by Gasteiger charge is 2.33. The highest BCUT2D eigenvalue weighted by Crippen LogP contribution is 2.38. The van der Waals surface area contributed by atoms with Crippen molar-refractivity contribution in [2.75, 3.05) is 18.1 Å². The van der Waals surface area contributed by atoms with E-state index in [-0.39, 0.29) is 22.5 Å². The number of fused-ring (bicyclic) bond motifs is 1. The van der Waals surface area contributed by atoms with Crippen molar-refractivity contribution in [2.45, 2.75) is 51.2 Å². The van der Waals surface area contributed by atoms with E-state index in [1.165, 1.54) is 29.9 Å². The summed E-state index contributed by atoms with van der Waals surface area (Å²) in [4.78, 5) is 32.0.